The normalized spacial score (nSPS) is 9.31. The Morgan fingerprint density at radius 2 is 1.77 bits per heavy atom. The van der Waals surface area contributed by atoms with Gasteiger partial charge in [-0.3, -0.25) is 0 Å². The molecule has 0 rings (SSSR count). The summed E-state index contributed by atoms with van der Waals surface area (Å²) in [5.41, 5.74) is 5.35. The van der Waals surface area contributed by atoms with Crippen LogP contribution in [0.5, 0.6) is 0 Å². The first-order valence-electron chi connectivity index (χ1n) is 4.69. The Morgan fingerprint density at radius 3 is 2.31 bits per heavy atom. The Balaban J connectivity index is -0.000000605. The molecule has 74 valence electrons. The maximum atomic E-state index is 5.35. The summed E-state index contributed by atoms with van der Waals surface area (Å²) in [6.07, 6.45) is 8.03. The van der Waals surface area contributed by atoms with E-state index >= 15 is 0 Å². The first-order valence-corrected chi connectivity index (χ1v) is 6.09. The van der Waals surface area contributed by atoms with E-state index in [2.05, 4.69) is 6.92 Å². The zero-order chi connectivity index (χ0) is 9.23. The van der Waals surface area contributed by atoms with Gasteiger partial charge < -0.3 is 7.16 Å². The third kappa shape index (κ3) is 16.0. The zero-order valence-corrected chi connectivity index (χ0v) is 12.5. The van der Waals surface area contributed by atoms with Gasteiger partial charge >= 0.3 is 29.6 Å². The molecule has 0 heterocycles. The molecule has 0 amide bonds. The third-order valence-corrected chi connectivity index (χ3v) is 2.87. The fourth-order valence-corrected chi connectivity index (χ4v) is 1.85. The largest absolute Gasteiger partial charge is 1.00 e. The van der Waals surface area contributed by atoms with Crippen LogP contribution in [0, 0.1) is 0 Å². The van der Waals surface area contributed by atoms with Crippen LogP contribution in [0.15, 0.2) is 0 Å². The summed E-state index contributed by atoms with van der Waals surface area (Å²) in [5.74, 6) is 1.10. The van der Waals surface area contributed by atoms with Gasteiger partial charge in [0.25, 0.3) is 0 Å². The van der Waals surface area contributed by atoms with Crippen molar-refractivity contribution in [2.45, 2.75) is 45.4 Å². The molecule has 0 aliphatic heterocycles. The maximum absolute atomic E-state index is 5.35. The summed E-state index contributed by atoms with van der Waals surface area (Å²) in [5, 5.41) is 0. The molecule has 0 saturated heterocycles. The van der Waals surface area contributed by atoms with E-state index in [1.165, 1.54) is 38.5 Å². The Morgan fingerprint density at radius 1 is 1.23 bits per heavy atom. The standard InChI is InChI=1S/C9H19NS2.Na.H/c1-2-3-4-5-6-7-8-12-9(10)11;;/h2-8H2,1H3,(H2,10,11);;/q;+1;-1. The first-order chi connectivity index (χ1) is 5.77. The number of thioether (sulfide) groups is 1. The van der Waals surface area contributed by atoms with E-state index in [0.29, 0.717) is 4.32 Å². The van der Waals surface area contributed by atoms with Crippen molar-refractivity contribution in [2.75, 3.05) is 5.75 Å². The molecule has 0 saturated carbocycles. The fraction of sp³-hybridized carbons (Fsp3) is 0.889. The second-order valence-corrected chi connectivity index (χ2v) is 4.77. The summed E-state index contributed by atoms with van der Waals surface area (Å²) in [7, 11) is 0. The molecule has 0 unspecified atom stereocenters. The minimum atomic E-state index is 0. The number of hydrogen-bond donors (Lipinski definition) is 1. The summed E-state index contributed by atoms with van der Waals surface area (Å²) in [6, 6.07) is 0. The van der Waals surface area contributed by atoms with E-state index in [4.69, 9.17) is 18.0 Å². The second-order valence-electron chi connectivity index (χ2n) is 2.94. The number of rotatable bonds is 7. The van der Waals surface area contributed by atoms with Crippen molar-refractivity contribution in [1.29, 1.82) is 0 Å². The second kappa shape index (κ2) is 13.2. The molecule has 1 nitrogen and oxygen atoms in total. The SMILES string of the molecule is CCCCCCCCSC(N)=S.[H-].[Na+]. The van der Waals surface area contributed by atoms with Gasteiger partial charge in [0.15, 0.2) is 0 Å². The molecule has 0 aromatic carbocycles. The first kappa shape index (κ1) is 16.7. The molecule has 0 atom stereocenters. The van der Waals surface area contributed by atoms with Crippen LogP contribution in [0.3, 0.4) is 0 Å². The average Bonchev–Trinajstić information content (AvgIpc) is 2.02. The molecular weight excluding hydrogens is 209 g/mol. The number of unbranched alkanes of at least 4 members (excludes halogenated alkanes) is 5. The van der Waals surface area contributed by atoms with Crippen molar-refractivity contribution in [2.24, 2.45) is 5.73 Å². The van der Waals surface area contributed by atoms with E-state index in [0.717, 1.165) is 5.75 Å². The van der Waals surface area contributed by atoms with E-state index in [9.17, 15) is 0 Å². The van der Waals surface area contributed by atoms with Gasteiger partial charge in [-0.15, -0.1) is 0 Å². The van der Waals surface area contributed by atoms with Gasteiger partial charge in [-0.05, 0) is 6.42 Å². The summed E-state index contributed by atoms with van der Waals surface area (Å²) in [6.45, 7) is 2.24. The maximum Gasteiger partial charge on any atom is 1.00 e. The molecule has 0 spiro atoms. The van der Waals surface area contributed by atoms with Crippen LogP contribution in [-0.4, -0.2) is 10.1 Å². The molecule has 2 N–H and O–H groups in total. The van der Waals surface area contributed by atoms with Crippen LogP contribution in [-0.2, 0) is 0 Å². The fourth-order valence-electron chi connectivity index (χ4n) is 1.06. The van der Waals surface area contributed by atoms with Gasteiger partial charge in [0.1, 0.15) is 4.32 Å². The van der Waals surface area contributed by atoms with E-state index in [1.54, 1.807) is 11.8 Å². The molecule has 0 bridgehead atoms. The molecule has 4 heteroatoms. The molecule has 0 fully saturated rings. The minimum absolute atomic E-state index is 0. The van der Waals surface area contributed by atoms with Crippen LogP contribution in [0.2, 0.25) is 0 Å². The number of hydrogen-bond acceptors (Lipinski definition) is 2. The average molecular weight is 229 g/mol. The Kier molecular flexibility index (Phi) is 17.0. The van der Waals surface area contributed by atoms with Gasteiger partial charge in [0, 0.05) is 5.75 Å². The quantitative estimate of drug-likeness (QED) is 0.390. The minimum Gasteiger partial charge on any atom is -1.00 e. The van der Waals surface area contributed by atoms with Crippen molar-refractivity contribution < 1.29 is 31.0 Å². The molecule has 0 aromatic rings. The third-order valence-electron chi connectivity index (χ3n) is 1.74. The van der Waals surface area contributed by atoms with Crippen molar-refractivity contribution >= 4 is 28.3 Å². The molecule has 0 aromatic heterocycles. The van der Waals surface area contributed by atoms with Crippen LogP contribution in [0.4, 0.5) is 0 Å². The van der Waals surface area contributed by atoms with E-state index < -0.39 is 0 Å². The van der Waals surface area contributed by atoms with Gasteiger partial charge in [-0.1, -0.05) is 63.0 Å². The van der Waals surface area contributed by atoms with Gasteiger partial charge in [-0.2, -0.15) is 0 Å². The Hall–Kier alpha value is 1.24. The van der Waals surface area contributed by atoms with Crippen molar-refractivity contribution in [3.05, 3.63) is 0 Å². The number of nitrogens with two attached hydrogens (primary N) is 1. The summed E-state index contributed by atoms with van der Waals surface area (Å²) in [4.78, 5) is 0. The smallest absolute Gasteiger partial charge is 1.00 e. The Labute approximate surface area is 115 Å². The van der Waals surface area contributed by atoms with Crippen LogP contribution in [0.25, 0.3) is 0 Å². The van der Waals surface area contributed by atoms with E-state index in [1.807, 2.05) is 0 Å². The topological polar surface area (TPSA) is 26.0 Å². The van der Waals surface area contributed by atoms with Crippen molar-refractivity contribution in [3.8, 4) is 0 Å². The number of thiocarbonyl (C=S) groups is 1. The van der Waals surface area contributed by atoms with Gasteiger partial charge in [0.2, 0.25) is 0 Å². The van der Waals surface area contributed by atoms with Crippen molar-refractivity contribution in [1.82, 2.24) is 0 Å². The zero-order valence-electron chi connectivity index (χ0n) is 9.84. The van der Waals surface area contributed by atoms with E-state index in [-0.39, 0.29) is 31.0 Å². The molecular formula is C9H20NNaS2. The monoisotopic (exact) mass is 229 g/mol. The van der Waals surface area contributed by atoms with Crippen LogP contribution >= 0.6 is 24.0 Å². The summed E-state index contributed by atoms with van der Waals surface area (Å²) < 4.78 is 0.587. The molecule has 0 radical (unpaired) electrons. The van der Waals surface area contributed by atoms with Gasteiger partial charge in [-0.25, -0.2) is 0 Å². The van der Waals surface area contributed by atoms with Gasteiger partial charge in [0.05, 0.1) is 0 Å². The summed E-state index contributed by atoms with van der Waals surface area (Å²) >= 11 is 6.36. The molecule has 0 aliphatic rings. The van der Waals surface area contributed by atoms with Crippen LogP contribution < -0.4 is 35.3 Å². The molecule has 13 heavy (non-hydrogen) atoms. The molecule has 0 aliphatic carbocycles. The van der Waals surface area contributed by atoms with Crippen molar-refractivity contribution in [3.63, 3.8) is 0 Å². The van der Waals surface area contributed by atoms with Crippen LogP contribution in [0.1, 0.15) is 46.9 Å². The predicted octanol–water partition coefficient (Wildman–Crippen LogP) is 0.440. The predicted molar refractivity (Wildman–Crippen MR) is 63.7 cm³/mol. The Bertz CT molecular complexity index is 125.